The summed E-state index contributed by atoms with van der Waals surface area (Å²) >= 11 is 10.3. The summed E-state index contributed by atoms with van der Waals surface area (Å²) in [7, 11) is 0. The van der Waals surface area contributed by atoms with E-state index in [0.717, 1.165) is 29.1 Å². The van der Waals surface area contributed by atoms with Crippen LogP contribution in [-0.4, -0.2) is 11.7 Å². The molecule has 0 atom stereocenters. The van der Waals surface area contributed by atoms with E-state index >= 15 is 0 Å². The third-order valence-electron chi connectivity index (χ3n) is 1.86. The summed E-state index contributed by atoms with van der Waals surface area (Å²) in [5.41, 5.74) is 0. The maximum absolute atomic E-state index is 5.14. The van der Waals surface area contributed by atoms with E-state index in [1.165, 1.54) is 11.3 Å². The molecular formula is C10H15BrN2S2. The fraction of sp³-hybridized carbons (Fsp3) is 0.500. The smallest absolute Gasteiger partial charge is 0.166 e. The molecule has 0 amide bonds. The second kappa shape index (κ2) is 7.19. The number of rotatable bonds is 5. The van der Waals surface area contributed by atoms with Crippen LogP contribution in [0.5, 0.6) is 0 Å². The standard InChI is InChI=1S/C10H15BrN2S2/c1-2-3-4-12-10(14)13-6-9-5-8(11)7-15-9/h5,7H,2-4,6H2,1H3,(H2,12,13,14). The summed E-state index contributed by atoms with van der Waals surface area (Å²) in [5.74, 6) is 0. The Morgan fingerprint density at radius 1 is 1.53 bits per heavy atom. The number of hydrogen-bond acceptors (Lipinski definition) is 2. The molecule has 0 unspecified atom stereocenters. The van der Waals surface area contributed by atoms with Gasteiger partial charge in [-0.1, -0.05) is 13.3 Å². The molecular weight excluding hydrogens is 292 g/mol. The van der Waals surface area contributed by atoms with E-state index in [1.807, 2.05) is 0 Å². The van der Waals surface area contributed by atoms with Crippen molar-refractivity contribution in [1.82, 2.24) is 10.6 Å². The molecule has 1 aromatic rings. The van der Waals surface area contributed by atoms with E-state index in [2.05, 4.69) is 44.9 Å². The van der Waals surface area contributed by atoms with Gasteiger partial charge in [0.25, 0.3) is 0 Å². The minimum absolute atomic E-state index is 0.743. The van der Waals surface area contributed by atoms with Crippen LogP contribution in [0, 0.1) is 0 Å². The zero-order valence-electron chi connectivity index (χ0n) is 8.68. The highest BCUT2D eigenvalue weighted by atomic mass is 79.9. The van der Waals surface area contributed by atoms with Crippen molar-refractivity contribution in [1.29, 1.82) is 0 Å². The number of nitrogens with one attached hydrogen (secondary N) is 2. The molecule has 0 aromatic carbocycles. The van der Waals surface area contributed by atoms with Gasteiger partial charge >= 0.3 is 0 Å². The predicted molar refractivity (Wildman–Crippen MR) is 74.4 cm³/mol. The molecule has 0 radical (unpaired) electrons. The van der Waals surface area contributed by atoms with Crippen molar-refractivity contribution >= 4 is 44.6 Å². The number of hydrogen-bond donors (Lipinski definition) is 2. The normalized spacial score (nSPS) is 10.0. The quantitative estimate of drug-likeness (QED) is 0.645. The minimum Gasteiger partial charge on any atom is -0.363 e. The molecule has 15 heavy (non-hydrogen) atoms. The zero-order valence-corrected chi connectivity index (χ0v) is 11.9. The van der Waals surface area contributed by atoms with E-state index in [9.17, 15) is 0 Å². The highest BCUT2D eigenvalue weighted by Gasteiger charge is 1.98. The highest BCUT2D eigenvalue weighted by molar-refractivity contribution is 9.10. The summed E-state index contributed by atoms with van der Waals surface area (Å²) in [6.07, 6.45) is 2.35. The van der Waals surface area contributed by atoms with E-state index in [0.29, 0.717) is 0 Å². The first-order valence-corrected chi connectivity index (χ1v) is 7.05. The molecule has 0 aliphatic rings. The van der Waals surface area contributed by atoms with Gasteiger partial charge in [0, 0.05) is 21.3 Å². The lowest BCUT2D eigenvalue weighted by Crippen LogP contribution is -2.35. The molecule has 1 heterocycles. The number of halogens is 1. The molecule has 0 fully saturated rings. The van der Waals surface area contributed by atoms with Crippen LogP contribution in [-0.2, 0) is 6.54 Å². The lowest BCUT2D eigenvalue weighted by Gasteiger charge is -2.08. The maximum Gasteiger partial charge on any atom is 0.166 e. The van der Waals surface area contributed by atoms with Crippen LogP contribution in [0.4, 0.5) is 0 Å². The van der Waals surface area contributed by atoms with Crippen LogP contribution in [0.3, 0.4) is 0 Å². The van der Waals surface area contributed by atoms with Crippen molar-refractivity contribution in [2.24, 2.45) is 0 Å². The van der Waals surface area contributed by atoms with E-state index in [-0.39, 0.29) is 0 Å². The zero-order chi connectivity index (χ0) is 11.1. The lowest BCUT2D eigenvalue weighted by atomic mass is 10.3. The molecule has 5 heteroatoms. The Bertz CT molecular complexity index is 312. The average Bonchev–Trinajstić information content (AvgIpc) is 2.62. The third-order valence-corrected chi connectivity index (χ3v) is 3.85. The summed E-state index contributed by atoms with van der Waals surface area (Å²) in [6, 6.07) is 2.10. The fourth-order valence-corrected chi connectivity index (χ4v) is 2.62. The Kier molecular flexibility index (Phi) is 6.20. The molecule has 1 aromatic heterocycles. The van der Waals surface area contributed by atoms with Crippen LogP contribution in [0.2, 0.25) is 0 Å². The van der Waals surface area contributed by atoms with Crippen molar-refractivity contribution in [3.8, 4) is 0 Å². The van der Waals surface area contributed by atoms with Gasteiger partial charge in [-0.25, -0.2) is 0 Å². The molecule has 0 bridgehead atoms. The van der Waals surface area contributed by atoms with Crippen molar-refractivity contribution < 1.29 is 0 Å². The molecule has 0 aliphatic carbocycles. The van der Waals surface area contributed by atoms with E-state index < -0.39 is 0 Å². The van der Waals surface area contributed by atoms with Crippen LogP contribution < -0.4 is 10.6 Å². The molecule has 0 saturated heterocycles. The largest absolute Gasteiger partial charge is 0.363 e. The molecule has 2 nitrogen and oxygen atoms in total. The minimum atomic E-state index is 0.743. The van der Waals surface area contributed by atoms with Gasteiger partial charge < -0.3 is 10.6 Å². The van der Waals surface area contributed by atoms with Crippen molar-refractivity contribution in [3.05, 3.63) is 20.8 Å². The molecule has 2 N–H and O–H groups in total. The number of thiophene rings is 1. The summed E-state index contributed by atoms with van der Waals surface area (Å²) in [5, 5.41) is 9.17. The Morgan fingerprint density at radius 2 is 2.33 bits per heavy atom. The maximum atomic E-state index is 5.14. The highest BCUT2D eigenvalue weighted by Crippen LogP contribution is 2.19. The van der Waals surface area contributed by atoms with E-state index in [4.69, 9.17) is 12.2 Å². The molecule has 84 valence electrons. The van der Waals surface area contributed by atoms with Crippen molar-refractivity contribution in [2.75, 3.05) is 6.54 Å². The third kappa shape index (κ3) is 5.49. The topological polar surface area (TPSA) is 24.1 Å². The molecule has 1 rings (SSSR count). The second-order valence-electron chi connectivity index (χ2n) is 3.19. The van der Waals surface area contributed by atoms with Crippen LogP contribution in [0.1, 0.15) is 24.6 Å². The Morgan fingerprint density at radius 3 is 2.93 bits per heavy atom. The lowest BCUT2D eigenvalue weighted by molar-refractivity contribution is 0.740. The monoisotopic (exact) mass is 306 g/mol. The fourth-order valence-electron chi connectivity index (χ4n) is 1.06. The van der Waals surface area contributed by atoms with Gasteiger partial charge in [-0.3, -0.25) is 0 Å². The van der Waals surface area contributed by atoms with Gasteiger partial charge in [-0.05, 0) is 40.6 Å². The van der Waals surface area contributed by atoms with Gasteiger partial charge in [0.1, 0.15) is 0 Å². The summed E-state index contributed by atoms with van der Waals surface area (Å²) < 4.78 is 1.13. The van der Waals surface area contributed by atoms with Gasteiger partial charge in [-0.15, -0.1) is 11.3 Å². The Hall–Kier alpha value is -0.130. The van der Waals surface area contributed by atoms with Crippen molar-refractivity contribution in [3.63, 3.8) is 0 Å². The van der Waals surface area contributed by atoms with E-state index in [1.54, 1.807) is 11.3 Å². The molecule has 0 spiro atoms. The SMILES string of the molecule is CCCCNC(=S)NCc1cc(Br)cs1. The Labute approximate surface area is 109 Å². The number of unbranched alkanes of at least 4 members (excludes halogenated alkanes) is 1. The van der Waals surface area contributed by atoms with Gasteiger partial charge in [0.2, 0.25) is 0 Å². The van der Waals surface area contributed by atoms with Gasteiger partial charge in [0.15, 0.2) is 5.11 Å². The molecule has 0 saturated carbocycles. The first-order chi connectivity index (χ1) is 7.22. The number of thiocarbonyl (C=S) groups is 1. The summed E-state index contributed by atoms with van der Waals surface area (Å²) in [6.45, 7) is 3.92. The first kappa shape index (κ1) is 12.9. The second-order valence-corrected chi connectivity index (χ2v) is 5.51. The molecule has 0 aliphatic heterocycles. The summed E-state index contributed by atoms with van der Waals surface area (Å²) in [4.78, 5) is 1.28. The van der Waals surface area contributed by atoms with Crippen LogP contribution >= 0.6 is 39.5 Å². The van der Waals surface area contributed by atoms with Crippen LogP contribution in [0.25, 0.3) is 0 Å². The van der Waals surface area contributed by atoms with Gasteiger partial charge in [-0.2, -0.15) is 0 Å². The van der Waals surface area contributed by atoms with Crippen LogP contribution in [0.15, 0.2) is 15.9 Å². The van der Waals surface area contributed by atoms with Crippen molar-refractivity contribution in [2.45, 2.75) is 26.3 Å². The average molecular weight is 307 g/mol. The Balaban J connectivity index is 2.16. The first-order valence-electron chi connectivity index (χ1n) is 4.97. The predicted octanol–water partition coefficient (Wildman–Crippen LogP) is 3.27. The van der Waals surface area contributed by atoms with Gasteiger partial charge in [0.05, 0.1) is 6.54 Å².